The maximum atomic E-state index is 12.8. The van der Waals surface area contributed by atoms with Gasteiger partial charge in [0.2, 0.25) is 11.1 Å². The van der Waals surface area contributed by atoms with Crippen molar-refractivity contribution >= 4 is 17.7 Å². The number of hydrogen-bond donors (Lipinski definition) is 1. The van der Waals surface area contributed by atoms with Gasteiger partial charge in [0.25, 0.3) is 0 Å². The van der Waals surface area contributed by atoms with Gasteiger partial charge in [-0.15, -0.1) is 5.10 Å². The lowest BCUT2D eigenvalue weighted by Gasteiger charge is -2.16. The topological polar surface area (TPSA) is 72.7 Å². The van der Waals surface area contributed by atoms with Crippen LogP contribution in [0.4, 0.5) is 0 Å². The van der Waals surface area contributed by atoms with Crippen LogP contribution < -0.4 is 5.32 Å². The molecule has 0 radical (unpaired) electrons. The highest BCUT2D eigenvalue weighted by atomic mass is 32.2. The third-order valence-electron chi connectivity index (χ3n) is 3.93. The summed E-state index contributed by atoms with van der Waals surface area (Å²) in [6.45, 7) is 0. The lowest BCUT2D eigenvalue weighted by molar-refractivity contribution is -0.120. The van der Waals surface area contributed by atoms with Crippen LogP contribution in [0.1, 0.15) is 23.7 Å². The Balaban J connectivity index is 1.63. The fraction of sp³-hybridized carbons (Fsp3) is 0.222. The Hall–Kier alpha value is -2.67. The van der Waals surface area contributed by atoms with Gasteiger partial charge in [-0.05, 0) is 41.0 Å². The minimum Gasteiger partial charge on any atom is -0.352 e. The minimum absolute atomic E-state index is 0.00121. The lowest BCUT2D eigenvalue weighted by atomic mass is 10.1. The first-order chi connectivity index (χ1) is 12.3. The number of aromatic nitrogens is 4. The van der Waals surface area contributed by atoms with Gasteiger partial charge in [0, 0.05) is 6.04 Å². The first-order valence-electron chi connectivity index (χ1n) is 8.17. The van der Waals surface area contributed by atoms with Crippen molar-refractivity contribution in [2.45, 2.75) is 29.3 Å². The van der Waals surface area contributed by atoms with Crippen LogP contribution in [-0.2, 0) is 4.79 Å². The Morgan fingerprint density at radius 2 is 1.76 bits per heavy atom. The van der Waals surface area contributed by atoms with Crippen molar-refractivity contribution in [2.75, 3.05) is 0 Å². The van der Waals surface area contributed by atoms with E-state index in [-0.39, 0.29) is 5.91 Å². The number of carbonyl (C=O) groups is 1. The summed E-state index contributed by atoms with van der Waals surface area (Å²) in [5.41, 5.74) is 1.80. The first kappa shape index (κ1) is 15.8. The highest BCUT2D eigenvalue weighted by molar-refractivity contribution is 8.00. The fourth-order valence-electron chi connectivity index (χ4n) is 2.49. The molecule has 1 atom stereocenters. The van der Waals surface area contributed by atoms with E-state index in [9.17, 15) is 4.79 Å². The molecule has 1 N–H and O–H groups in total. The zero-order valence-electron chi connectivity index (χ0n) is 13.4. The molecule has 1 heterocycles. The number of carbonyl (C=O) groups excluding carboxylic acids is 1. The number of nitrogens with one attached hydrogen (secondary N) is 1. The molecule has 1 saturated carbocycles. The second-order valence-corrected chi connectivity index (χ2v) is 6.97. The van der Waals surface area contributed by atoms with Crippen LogP contribution in [-0.4, -0.2) is 32.2 Å². The van der Waals surface area contributed by atoms with Gasteiger partial charge >= 0.3 is 0 Å². The Kier molecular flexibility index (Phi) is 4.47. The molecule has 1 aliphatic rings. The number of rotatable bonds is 6. The van der Waals surface area contributed by atoms with Crippen molar-refractivity contribution in [3.05, 3.63) is 66.2 Å². The fourth-order valence-corrected chi connectivity index (χ4v) is 3.50. The Bertz CT molecular complexity index is 848. The molecule has 1 aromatic heterocycles. The summed E-state index contributed by atoms with van der Waals surface area (Å²) in [7, 11) is 0. The van der Waals surface area contributed by atoms with Crippen LogP contribution in [0.3, 0.4) is 0 Å². The van der Waals surface area contributed by atoms with Crippen molar-refractivity contribution in [3.63, 3.8) is 0 Å². The van der Waals surface area contributed by atoms with Crippen molar-refractivity contribution in [1.82, 2.24) is 25.5 Å². The highest BCUT2D eigenvalue weighted by Gasteiger charge is 2.30. The standard InChI is InChI=1S/C18H17N5OS/c24-17(19-14-11-12-14)16(13-7-3-1-4-8-13)25-18-20-21-22-23(18)15-9-5-2-6-10-15/h1-10,14,16H,11-12H2,(H,19,24)/t16-/m0/s1. The van der Waals surface area contributed by atoms with E-state index in [1.807, 2.05) is 60.7 Å². The van der Waals surface area contributed by atoms with Crippen molar-refractivity contribution in [3.8, 4) is 5.69 Å². The summed E-state index contributed by atoms with van der Waals surface area (Å²) in [5.74, 6) is 0.00121. The Morgan fingerprint density at radius 1 is 1.08 bits per heavy atom. The monoisotopic (exact) mass is 351 g/mol. The van der Waals surface area contributed by atoms with Gasteiger partial charge in [-0.25, -0.2) is 0 Å². The van der Waals surface area contributed by atoms with Gasteiger partial charge in [0.15, 0.2) is 0 Å². The van der Waals surface area contributed by atoms with E-state index in [0.29, 0.717) is 11.2 Å². The predicted molar refractivity (Wildman–Crippen MR) is 95.4 cm³/mol. The number of amides is 1. The number of tetrazole rings is 1. The third-order valence-corrected chi connectivity index (χ3v) is 5.12. The van der Waals surface area contributed by atoms with Gasteiger partial charge in [0.1, 0.15) is 5.25 Å². The molecule has 25 heavy (non-hydrogen) atoms. The quantitative estimate of drug-likeness (QED) is 0.691. The van der Waals surface area contributed by atoms with Crippen LogP contribution in [0.2, 0.25) is 0 Å². The molecule has 1 amide bonds. The third kappa shape index (κ3) is 3.71. The first-order valence-corrected chi connectivity index (χ1v) is 9.05. The molecule has 7 heteroatoms. The average Bonchev–Trinajstić information content (AvgIpc) is 3.35. The molecule has 4 rings (SSSR count). The normalized spacial score (nSPS) is 14.9. The molecule has 2 aromatic carbocycles. The van der Waals surface area contributed by atoms with Gasteiger partial charge < -0.3 is 5.32 Å². The second-order valence-electron chi connectivity index (χ2n) is 5.90. The second kappa shape index (κ2) is 7.06. The molecular weight excluding hydrogens is 334 g/mol. The van der Waals surface area contributed by atoms with Gasteiger partial charge in [-0.1, -0.05) is 60.3 Å². The van der Waals surface area contributed by atoms with E-state index < -0.39 is 5.25 Å². The Morgan fingerprint density at radius 3 is 2.44 bits per heavy atom. The molecule has 0 bridgehead atoms. The number of hydrogen-bond acceptors (Lipinski definition) is 5. The van der Waals surface area contributed by atoms with E-state index in [0.717, 1.165) is 24.1 Å². The van der Waals surface area contributed by atoms with Crippen LogP contribution in [0, 0.1) is 0 Å². The number of benzene rings is 2. The highest BCUT2D eigenvalue weighted by Crippen LogP contribution is 2.35. The smallest absolute Gasteiger partial charge is 0.238 e. The van der Waals surface area contributed by atoms with Gasteiger partial charge in [-0.2, -0.15) is 4.68 Å². The molecule has 1 fully saturated rings. The van der Waals surface area contributed by atoms with Crippen molar-refractivity contribution in [1.29, 1.82) is 0 Å². The summed E-state index contributed by atoms with van der Waals surface area (Å²) in [4.78, 5) is 12.8. The predicted octanol–water partition coefficient (Wildman–Crippen LogP) is 2.77. The van der Waals surface area contributed by atoms with Gasteiger partial charge in [-0.3, -0.25) is 4.79 Å². The number of para-hydroxylation sites is 1. The molecule has 1 aliphatic carbocycles. The van der Waals surface area contributed by atoms with Crippen LogP contribution in [0.25, 0.3) is 5.69 Å². The van der Waals surface area contributed by atoms with E-state index >= 15 is 0 Å². The summed E-state index contributed by atoms with van der Waals surface area (Å²) >= 11 is 1.36. The SMILES string of the molecule is O=C(NC1CC1)[C@@H](Sc1nnnn1-c1ccccc1)c1ccccc1. The van der Waals surface area contributed by atoms with E-state index in [4.69, 9.17) is 0 Å². The van der Waals surface area contributed by atoms with Gasteiger partial charge in [0.05, 0.1) is 5.69 Å². The largest absolute Gasteiger partial charge is 0.352 e. The van der Waals surface area contributed by atoms with Crippen LogP contribution in [0.15, 0.2) is 65.8 Å². The lowest BCUT2D eigenvalue weighted by Crippen LogP contribution is -2.29. The molecule has 126 valence electrons. The molecule has 0 spiro atoms. The molecule has 0 aliphatic heterocycles. The summed E-state index contributed by atoms with van der Waals surface area (Å²) < 4.78 is 1.66. The zero-order valence-corrected chi connectivity index (χ0v) is 14.3. The maximum Gasteiger partial charge on any atom is 0.238 e. The van der Waals surface area contributed by atoms with Crippen LogP contribution >= 0.6 is 11.8 Å². The van der Waals surface area contributed by atoms with E-state index in [1.54, 1.807) is 4.68 Å². The maximum absolute atomic E-state index is 12.8. The van der Waals surface area contributed by atoms with Crippen LogP contribution in [0.5, 0.6) is 0 Å². The molecule has 0 saturated heterocycles. The molecule has 6 nitrogen and oxygen atoms in total. The van der Waals surface area contributed by atoms with Crippen molar-refractivity contribution < 1.29 is 4.79 Å². The minimum atomic E-state index is -0.393. The summed E-state index contributed by atoms with van der Waals surface area (Å²) in [6, 6.07) is 19.7. The van der Waals surface area contributed by atoms with E-state index in [2.05, 4.69) is 20.8 Å². The van der Waals surface area contributed by atoms with E-state index in [1.165, 1.54) is 11.8 Å². The Labute approximate surface area is 149 Å². The number of thioether (sulfide) groups is 1. The zero-order chi connectivity index (χ0) is 17.1. The summed E-state index contributed by atoms with van der Waals surface area (Å²) in [6.07, 6.45) is 2.11. The molecule has 3 aromatic rings. The molecule has 0 unspecified atom stereocenters. The summed E-state index contributed by atoms with van der Waals surface area (Å²) in [5, 5.41) is 15.3. The number of nitrogens with zero attached hydrogens (tertiary/aromatic N) is 4. The van der Waals surface area contributed by atoms with Crippen molar-refractivity contribution in [2.24, 2.45) is 0 Å². The average molecular weight is 351 g/mol. The molecular formula is C18H17N5OS.